The van der Waals surface area contributed by atoms with Crippen molar-refractivity contribution in [2.24, 2.45) is 0 Å². The number of hydrogen-bond donors (Lipinski definition) is 1. The van der Waals surface area contributed by atoms with Gasteiger partial charge in [0.25, 0.3) is 0 Å². The average Bonchev–Trinajstić information content (AvgIpc) is 3.25. The Morgan fingerprint density at radius 3 is 2.17 bits per heavy atom. The van der Waals surface area contributed by atoms with Crippen molar-refractivity contribution in [3.05, 3.63) is 107 Å². The second-order valence-corrected chi connectivity index (χ2v) is 8.24. The summed E-state index contributed by atoms with van der Waals surface area (Å²) in [7, 11) is -4.02. The number of benzene rings is 2. The maximum Gasteiger partial charge on any atom is 0.334 e. The minimum absolute atomic E-state index is 0.0380. The molecule has 2 heterocycles. The lowest BCUT2D eigenvalue weighted by atomic mass is 10.3. The van der Waals surface area contributed by atoms with Crippen LogP contribution in [0.5, 0.6) is 0 Å². The highest BCUT2D eigenvalue weighted by Crippen LogP contribution is 2.17. The van der Waals surface area contributed by atoms with Crippen molar-refractivity contribution >= 4 is 9.84 Å². The smallest absolute Gasteiger partial charge is 0.334 e. The zero-order valence-electron chi connectivity index (χ0n) is 15.2. The van der Waals surface area contributed by atoms with Crippen LogP contribution in [0.25, 0.3) is 5.69 Å². The summed E-state index contributed by atoms with van der Waals surface area (Å²) < 4.78 is 34.1. The fraction of sp³-hybridized carbons (Fsp3) is 0.0476. The Labute approximate surface area is 166 Å². The van der Waals surface area contributed by atoms with Gasteiger partial charge in [0, 0.05) is 6.20 Å². The van der Waals surface area contributed by atoms with E-state index in [9.17, 15) is 13.2 Å². The van der Waals surface area contributed by atoms with Crippen LogP contribution >= 0.6 is 0 Å². The summed E-state index contributed by atoms with van der Waals surface area (Å²) in [5.41, 5.74) is -0.536. The summed E-state index contributed by atoms with van der Waals surface area (Å²) in [5, 5.41) is 8.52. The first-order valence-corrected chi connectivity index (χ1v) is 10.3. The lowest BCUT2D eigenvalue weighted by Gasteiger charge is -2.14. The first kappa shape index (κ1) is 18.7. The molecule has 0 atom stereocenters. The maximum absolute atomic E-state index is 13.2. The Kier molecular flexibility index (Phi) is 4.77. The summed E-state index contributed by atoms with van der Waals surface area (Å²) in [6.07, 6.45) is 2.68. The van der Waals surface area contributed by atoms with Gasteiger partial charge in [0.05, 0.1) is 23.4 Å². The third-order valence-corrected chi connectivity index (χ3v) is 6.20. The second kappa shape index (κ2) is 7.40. The number of aromatic nitrogens is 2. The number of rotatable bonds is 5. The molecule has 4 rings (SSSR count). The Balaban J connectivity index is 2.01. The molecule has 0 aliphatic carbocycles. The molecule has 0 amide bonds. The third kappa shape index (κ3) is 3.45. The van der Waals surface area contributed by atoms with Crippen LogP contribution in [-0.4, -0.2) is 17.6 Å². The summed E-state index contributed by atoms with van der Waals surface area (Å²) in [6.45, 7) is 0.0380. The fourth-order valence-corrected chi connectivity index (χ4v) is 4.40. The van der Waals surface area contributed by atoms with E-state index in [2.05, 4.69) is 0 Å². The molecule has 0 fully saturated rings. The highest BCUT2D eigenvalue weighted by atomic mass is 32.2. The molecule has 4 aromatic rings. The SMILES string of the molecule is N=c1c(S(=O)(=O)c2ccccc2)cn(Cc2ccco2)c(=O)n1-c1ccccc1. The molecule has 2 aromatic carbocycles. The van der Waals surface area contributed by atoms with Gasteiger partial charge in [-0.1, -0.05) is 36.4 Å². The van der Waals surface area contributed by atoms with Gasteiger partial charge in [0.1, 0.15) is 10.7 Å². The van der Waals surface area contributed by atoms with Crippen molar-refractivity contribution in [3.63, 3.8) is 0 Å². The van der Waals surface area contributed by atoms with E-state index in [-0.39, 0.29) is 16.3 Å². The minimum atomic E-state index is -4.02. The Morgan fingerprint density at radius 1 is 0.897 bits per heavy atom. The fourth-order valence-electron chi connectivity index (χ4n) is 3.02. The molecule has 0 saturated carbocycles. The van der Waals surface area contributed by atoms with Crippen LogP contribution in [-0.2, 0) is 16.4 Å². The lowest BCUT2D eigenvalue weighted by Crippen LogP contribution is -2.41. The molecule has 0 spiro atoms. The quantitative estimate of drug-likeness (QED) is 0.550. The second-order valence-electron chi connectivity index (χ2n) is 6.32. The van der Waals surface area contributed by atoms with Gasteiger partial charge >= 0.3 is 5.69 Å². The monoisotopic (exact) mass is 407 g/mol. The first-order chi connectivity index (χ1) is 14.0. The number of nitrogens with zero attached hydrogens (tertiary/aromatic N) is 2. The molecule has 7 nitrogen and oxygen atoms in total. The van der Waals surface area contributed by atoms with Crippen molar-refractivity contribution in [3.8, 4) is 5.69 Å². The number of furan rings is 1. The predicted octanol–water partition coefficient (Wildman–Crippen LogP) is 2.59. The van der Waals surface area contributed by atoms with Crippen molar-refractivity contribution in [1.82, 2.24) is 9.13 Å². The molecule has 1 N–H and O–H groups in total. The van der Waals surface area contributed by atoms with Crippen molar-refractivity contribution < 1.29 is 12.8 Å². The zero-order valence-corrected chi connectivity index (χ0v) is 16.0. The molecule has 8 heteroatoms. The van der Waals surface area contributed by atoms with Crippen LogP contribution in [0.4, 0.5) is 0 Å². The molecule has 2 aromatic heterocycles. The zero-order chi connectivity index (χ0) is 20.4. The van der Waals surface area contributed by atoms with Crippen LogP contribution in [0.2, 0.25) is 0 Å². The molecule has 0 bridgehead atoms. The molecule has 0 aliphatic rings. The van der Waals surface area contributed by atoms with Gasteiger partial charge in [0.15, 0.2) is 5.49 Å². The number of sulfone groups is 1. The topological polar surface area (TPSA) is 98.1 Å². The standard InChI is InChI=1S/C21H17N3O4S/c22-20-19(29(26,27)18-11-5-2-6-12-18)15-23(14-17-10-7-13-28-17)21(25)24(20)16-8-3-1-4-9-16/h1-13,15,22H,14H2. The summed E-state index contributed by atoms with van der Waals surface area (Å²) >= 11 is 0. The average molecular weight is 407 g/mol. The maximum atomic E-state index is 13.2. The molecular weight excluding hydrogens is 390 g/mol. The number of hydrogen-bond acceptors (Lipinski definition) is 5. The van der Waals surface area contributed by atoms with E-state index in [1.54, 1.807) is 60.7 Å². The lowest BCUT2D eigenvalue weighted by molar-refractivity contribution is 0.480. The molecule has 0 saturated heterocycles. The normalized spacial score (nSPS) is 11.4. The molecular formula is C21H17N3O4S. The summed E-state index contributed by atoms with van der Waals surface area (Å²) in [4.78, 5) is 12.9. The Morgan fingerprint density at radius 2 is 1.55 bits per heavy atom. The van der Waals surface area contributed by atoms with Gasteiger partial charge in [-0.2, -0.15) is 0 Å². The van der Waals surface area contributed by atoms with Crippen LogP contribution in [0.1, 0.15) is 5.76 Å². The minimum Gasteiger partial charge on any atom is -0.467 e. The summed E-state index contributed by atoms with van der Waals surface area (Å²) in [5.74, 6) is 0.493. The highest BCUT2D eigenvalue weighted by Gasteiger charge is 2.24. The van der Waals surface area contributed by atoms with Crippen molar-refractivity contribution in [1.29, 1.82) is 5.41 Å². The van der Waals surface area contributed by atoms with E-state index >= 15 is 0 Å². The van der Waals surface area contributed by atoms with Gasteiger partial charge in [-0.15, -0.1) is 0 Å². The van der Waals surface area contributed by atoms with Crippen LogP contribution < -0.4 is 11.2 Å². The molecule has 0 radical (unpaired) electrons. The Bertz CT molecular complexity index is 1360. The van der Waals surface area contributed by atoms with Gasteiger partial charge in [-0.05, 0) is 36.4 Å². The molecule has 146 valence electrons. The Hall–Kier alpha value is -3.65. The van der Waals surface area contributed by atoms with E-state index in [1.807, 2.05) is 0 Å². The van der Waals surface area contributed by atoms with Gasteiger partial charge in [-0.25, -0.2) is 17.8 Å². The van der Waals surface area contributed by atoms with E-state index < -0.39 is 21.0 Å². The van der Waals surface area contributed by atoms with E-state index in [0.29, 0.717) is 11.4 Å². The van der Waals surface area contributed by atoms with Gasteiger partial charge in [-0.3, -0.25) is 9.98 Å². The van der Waals surface area contributed by atoms with Crippen LogP contribution in [0, 0.1) is 5.41 Å². The van der Waals surface area contributed by atoms with E-state index in [4.69, 9.17) is 9.83 Å². The molecule has 0 unspecified atom stereocenters. The number of para-hydroxylation sites is 1. The van der Waals surface area contributed by atoms with Crippen LogP contribution in [0.3, 0.4) is 0 Å². The highest BCUT2D eigenvalue weighted by molar-refractivity contribution is 7.91. The van der Waals surface area contributed by atoms with E-state index in [0.717, 1.165) is 4.57 Å². The first-order valence-electron chi connectivity index (χ1n) is 8.77. The van der Waals surface area contributed by atoms with Crippen molar-refractivity contribution in [2.45, 2.75) is 16.3 Å². The van der Waals surface area contributed by atoms with Gasteiger partial charge in [0.2, 0.25) is 9.84 Å². The van der Waals surface area contributed by atoms with Gasteiger partial charge < -0.3 is 4.42 Å². The molecule has 29 heavy (non-hydrogen) atoms. The summed E-state index contributed by atoms with van der Waals surface area (Å²) in [6, 6.07) is 19.8. The third-order valence-electron chi connectivity index (χ3n) is 4.43. The molecule has 0 aliphatic heterocycles. The number of nitrogens with one attached hydrogen (secondary N) is 1. The predicted molar refractivity (Wildman–Crippen MR) is 106 cm³/mol. The van der Waals surface area contributed by atoms with E-state index in [1.165, 1.54) is 29.2 Å². The van der Waals surface area contributed by atoms with Crippen LogP contribution in [0.15, 0.2) is 104 Å². The van der Waals surface area contributed by atoms with Crippen molar-refractivity contribution in [2.75, 3.05) is 0 Å². The largest absolute Gasteiger partial charge is 0.467 e.